The summed E-state index contributed by atoms with van der Waals surface area (Å²) >= 11 is 6.10. The van der Waals surface area contributed by atoms with E-state index in [4.69, 9.17) is 11.6 Å². The molecular formula is C16H19ClN2O2S. The average Bonchev–Trinajstić information content (AvgIpc) is 2.41. The number of sulfonamides is 1. The minimum absolute atomic E-state index is 0.570. The first-order chi connectivity index (χ1) is 10.3. The fraction of sp³-hybridized carbons (Fsp3) is 0.250. The molecule has 2 aromatic carbocycles. The van der Waals surface area contributed by atoms with Crippen molar-refractivity contribution in [3.8, 4) is 0 Å². The molecule has 0 bridgehead atoms. The first-order valence-electron chi connectivity index (χ1n) is 6.86. The lowest BCUT2D eigenvalue weighted by atomic mass is 10.1. The van der Waals surface area contributed by atoms with Crippen LogP contribution in [0, 0.1) is 6.92 Å². The van der Waals surface area contributed by atoms with Crippen molar-refractivity contribution in [3.63, 3.8) is 0 Å². The molecule has 118 valence electrons. The molecule has 4 nitrogen and oxygen atoms in total. The molecule has 0 saturated carbocycles. The van der Waals surface area contributed by atoms with Crippen LogP contribution in [0.25, 0.3) is 0 Å². The Morgan fingerprint density at radius 2 is 1.73 bits per heavy atom. The number of hydrogen-bond acceptors (Lipinski definition) is 3. The normalized spacial score (nSPS) is 11.4. The summed E-state index contributed by atoms with van der Waals surface area (Å²) in [5.41, 5.74) is 3.75. The molecule has 0 fully saturated rings. The van der Waals surface area contributed by atoms with E-state index in [0.717, 1.165) is 28.0 Å². The Morgan fingerprint density at radius 1 is 1.05 bits per heavy atom. The molecule has 6 heteroatoms. The van der Waals surface area contributed by atoms with Crippen molar-refractivity contribution >= 4 is 27.3 Å². The van der Waals surface area contributed by atoms with Crippen molar-refractivity contribution in [1.82, 2.24) is 5.32 Å². The molecule has 0 atom stereocenters. The van der Waals surface area contributed by atoms with E-state index in [9.17, 15) is 8.42 Å². The molecule has 0 spiro atoms. The predicted molar refractivity (Wildman–Crippen MR) is 91.6 cm³/mol. The van der Waals surface area contributed by atoms with Gasteiger partial charge in [-0.2, -0.15) is 0 Å². The number of benzene rings is 2. The van der Waals surface area contributed by atoms with Crippen LogP contribution in [0.4, 0.5) is 5.69 Å². The number of halogens is 1. The number of anilines is 1. The van der Waals surface area contributed by atoms with Crippen LogP contribution in [0.3, 0.4) is 0 Å². The summed E-state index contributed by atoms with van der Waals surface area (Å²) in [4.78, 5) is 0. The van der Waals surface area contributed by atoms with Crippen molar-refractivity contribution in [2.24, 2.45) is 0 Å². The van der Waals surface area contributed by atoms with Crippen LogP contribution < -0.4 is 10.0 Å². The number of nitrogens with one attached hydrogen (secondary N) is 2. The molecule has 0 unspecified atom stereocenters. The second-order valence-corrected chi connectivity index (χ2v) is 7.42. The van der Waals surface area contributed by atoms with Crippen LogP contribution in [-0.2, 0) is 23.1 Å². The van der Waals surface area contributed by atoms with Gasteiger partial charge in [-0.1, -0.05) is 35.9 Å². The zero-order valence-corrected chi connectivity index (χ0v) is 14.1. The van der Waals surface area contributed by atoms with Crippen molar-refractivity contribution in [2.45, 2.75) is 20.0 Å². The van der Waals surface area contributed by atoms with Crippen LogP contribution in [0.5, 0.6) is 0 Å². The van der Waals surface area contributed by atoms with Crippen LogP contribution in [0.1, 0.15) is 16.7 Å². The van der Waals surface area contributed by atoms with Crippen LogP contribution in [-0.4, -0.2) is 14.7 Å². The van der Waals surface area contributed by atoms with E-state index in [-0.39, 0.29) is 0 Å². The lowest BCUT2D eigenvalue weighted by Gasteiger charge is -2.09. The van der Waals surface area contributed by atoms with E-state index >= 15 is 0 Å². The summed E-state index contributed by atoms with van der Waals surface area (Å²) in [7, 11) is -3.25. The molecule has 2 aromatic rings. The maximum absolute atomic E-state index is 11.2. The molecule has 0 radical (unpaired) electrons. The molecule has 0 aromatic heterocycles. The molecule has 0 aliphatic rings. The molecule has 0 saturated heterocycles. The van der Waals surface area contributed by atoms with Gasteiger partial charge < -0.3 is 5.32 Å². The third-order valence-electron chi connectivity index (χ3n) is 3.12. The van der Waals surface area contributed by atoms with Gasteiger partial charge in [-0.25, -0.2) is 8.42 Å². The number of aryl methyl sites for hydroxylation is 1. The molecule has 2 N–H and O–H groups in total. The second kappa shape index (κ2) is 7.13. The highest BCUT2D eigenvalue weighted by atomic mass is 35.5. The largest absolute Gasteiger partial charge is 0.309 e. The number of hydrogen-bond donors (Lipinski definition) is 2. The third kappa shape index (κ3) is 5.33. The van der Waals surface area contributed by atoms with E-state index in [1.807, 2.05) is 43.3 Å². The summed E-state index contributed by atoms with van der Waals surface area (Å²) in [6, 6.07) is 13.3. The second-order valence-electron chi connectivity index (χ2n) is 5.26. The fourth-order valence-electron chi connectivity index (χ4n) is 2.06. The van der Waals surface area contributed by atoms with E-state index in [2.05, 4.69) is 10.0 Å². The van der Waals surface area contributed by atoms with Crippen LogP contribution in [0.2, 0.25) is 5.02 Å². The van der Waals surface area contributed by atoms with Gasteiger partial charge in [0, 0.05) is 23.8 Å². The van der Waals surface area contributed by atoms with Gasteiger partial charge >= 0.3 is 0 Å². The topological polar surface area (TPSA) is 58.2 Å². The van der Waals surface area contributed by atoms with E-state index in [0.29, 0.717) is 18.8 Å². The van der Waals surface area contributed by atoms with Crippen molar-refractivity contribution in [2.75, 3.05) is 11.0 Å². The van der Waals surface area contributed by atoms with Gasteiger partial charge in [0.1, 0.15) is 0 Å². The Labute approximate surface area is 136 Å². The van der Waals surface area contributed by atoms with Crippen molar-refractivity contribution in [1.29, 1.82) is 0 Å². The molecule has 0 aliphatic heterocycles. The molecule has 22 heavy (non-hydrogen) atoms. The Bertz CT molecular complexity index is 760. The lowest BCUT2D eigenvalue weighted by molar-refractivity contribution is 0.607. The summed E-state index contributed by atoms with van der Waals surface area (Å²) < 4.78 is 24.9. The Morgan fingerprint density at radius 3 is 2.36 bits per heavy atom. The van der Waals surface area contributed by atoms with Gasteiger partial charge in [0.2, 0.25) is 10.0 Å². The smallest absolute Gasteiger partial charge is 0.229 e. The average molecular weight is 339 g/mol. The summed E-state index contributed by atoms with van der Waals surface area (Å²) in [5.74, 6) is 0. The Balaban J connectivity index is 1.94. The fourth-order valence-corrected chi connectivity index (χ4v) is 2.81. The maximum atomic E-state index is 11.2. The van der Waals surface area contributed by atoms with Crippen molar-refractivity contribution < 1.29 is 8.42 Å². The quantitative estimate of drug-likeness (QED) is 0.849. The maximum Gasteiger partial charge on any atom is 0.229 e. The first kappa shape index (κ1) is 16.8. The van der Waals surface area contributed by atoms with Crippen molar-refractivity contribution in [3.05, 3.63) is 64.2 Å². The highest BCUT2D eigenvalue weighted by molar-refractivity contribution is 7.92. The van der Waals surface area contributed by atoms with Gasteiger partial charge in [-0.05, 0) is 41.8 Å². The Hall–Kier alpha value is -1.56. The van der Waals surface area contributed by atoms with E-state index in [1.165, 1.54) is 0 Å². The molecule has 0 amide bonds. The number of rotatable bonds is 6. The molecule has 0 aliphatic carbocycles. The minimum atomic E-state index is -3.25. The summed E-state index contributed by atoms with van der Waals surface area (Å²) in [6.07, 6.45) is 1.14. The van der Waals surface area contributed by atoms with Gasteiger partial charge in [-0.3, -0.25) is 4.72 Å². The van der Waals surface area contributed by atoms with Crippen LogP contribution >= 0.6 is 11.6 Å². The summed E-state index contributed by atoms with van der Waals surface area (Å²) in [6.45, 7) is 3.31. The first-order valence-corrected chi connectivity index (χ1v) is 9.13. The van der Waals surface area contributed by atoms with E-state index in [1.54, 1.807) is 6.07 Å². The lowest BCUT2D eigenvalue weighted by Crippen LogP contribution is -2.13. The molecule has 0 heterocycles. The zero-order chi connectivity index (χ0) is 16.2. The monoisotopic (exact) mass is 338 g/mol. The van der Waals surface area contributed by atoms with Gasteiger partial charge in [-0.15, -0.1) is 0 Å². The summed E-state index contributed by atoms with van der Waals surface area (Å²) in [5, 5.41) is 4.08. The minimum Gasteiger partial charge on any atom is -0.309 e. The van der Waals surface area contributed by atoms with Gasteiger partial charge in [0.05, 0.1) is 6.26 Å². The molecule has 2 rings (SSSR count). The van der Waals surface area contributed by atoms with Gasteiger partial charge in [0.25, 0.3) is 0 Å². The predicted octanol–water partition coefficient (Wildman–Crippen LogP) is 3.31. The standard InChI is InChI=1S/C16H19ClN2O2S/c1-12-6-7-14(9-16(12)17)11-18-10-13-4-3-5-15(8-13)19-22(2,20)21/h3-9,18-19H,10-11H2,1-2H3. The Kier molecular flexibility index (Phi) is 5.45. The van der Waals surface area contributed by atoms with Gasteiger partial charge in [0.15, 0.2) is 0 Å². The SMILES string of the molecule is Cc1ccc(CNCc2cccc(NS(C)(=O)=O)c2)cc1Cl. The van der Waals surface area contributed by atoms with E-state index < -0.39 is 10.0 Å². The molecular weight excluding hydrogens is 320 g/mol. The third-order valence-corrected chi connectivity index (χ3v) is 4.14. The zero-order valence-electron chi connectivity index (χ0n) is 12.6. The van der Waals surface area contributed by atoms with Crippen LogP contribution in [0.15, 0.2) is 42.5 Å². The highest BCUT2D eigenvalue weighted by Crippen LogP contribution is 2.17. The highest BCUT2D eigenvalue weighted by Gasteiger charge is 2.03.